The van der Waals surface area contributed by atoms with Crippen molar-refractivity contribution in [3.8, 4) is 0 Å². The van der Waals surface area contributed by atoms with Gasteiger partial charge >= 0.3 is 0 Å². The molecule has 18 heavy (non-hydrogen) atoms. The molecule has 1 unspecified atom stereocenters. The fourth-order valence-electron chi connectivity index (χ4n) is 2.51. The second kappa shape index (κ2) is 4.56. The molecule has 1 aliphatic heterocycles. The van der Waals surface area contributed by atoms with E-state index in [1.54, 1.807) is 23.0 Å². The third-order valence-electron chi connectivity index (χ3n) is 3.59. The third-order valence-corrected chi connectivity index (χ3v) is 4.69. The molecule has 0 saturated carbocycles. The first-order valence-corrected chi connectivity index (χ1v) is 7.06. The van der Waals surface area contributed by atoms with Crippen molar-refractivity contribution in [1.29, 1.82) is 0 Å². The van der Waals surface area contributed by atoms with Crippen molar-refractivity contribution < 1.29 is 4.74 Å². The monoisotopic (exact) mass is 267 g/mol. The van der Waals surface area contributed by atoms with Gasteiger partial charge in [-0.2, -0.15) is 9.61 Å². The van der Waals surface area contributed by atoms with Crippen LogP contribution >= 0.6 is 11.3 Å². The number of hydrogen-bond acceptors (Lipinski definition) is 6. The summed E-state index contributed by atoms with van der Waals surface area (Å²) >= 11 is 1.62. The lowest BCUT2D eigenvalue weighted by molar-refractivity contribution is 0.175. The Labute approximate surface area is 109 Å². The summed E-state index contributed by atoms with van der Waals surface area (Å²) < 4.78 is 6.91. The van der Waals surface area contributed by atoms with Gasteiger partial charge in [0.1, 0.15) is 11.6 Å². The number of ether oxygens (including phenoxy) is 1. The molecule has 7 heteroatoms. The van der Waals surface area contributed by atoms with Crippen LogP contribution < -0.4 is 5.32 Å². The average molecular weight is 267 g/mol. The van der Waals surface area contributed by atoms with Gasteiger partial charge in [-0.05, 0) is 25.8 Å². The number of methoxy groups -OCH3 is 1. The van der Waals surface area contributed by atoms with Crippen molar-refractivity contribution in [2.24, 2.45) is 0 Å². The van der Waals surface area contributed by atoms with Crippen LogP contribution in [0.1, 0.15) is 37.0 Å². The zero-order valence-electron chi connectivity index (χ0n) is 10.6. The minimum Gasteiger partial charge on any atom is -0.377 e. The molecule has 3 rings (SSSR count). The molecule has 6 nitrogen and oxygen atoms in total. The van der Waals surface area contributed by atoms with Crippen LogP contribution in [-0.2, 0) is 16.9 Å². The smallest absolute Gasteiger partial charge is 0.234 e. The molecule has 0 bridgehead atoms. The summed E-state index contributed by atoms with van der Waals surface area (Å²) in [6.07, 6.45) is 3.41. The van der Waals surface area contributed by atoms with Crippen LogP contribution in [0.3, 0.4) is 0 Å². The highest BCUT2D eigenvalue weighted by atomic mass is 32.1. The molecule has 2 aromatic rings. The van der Waals surface area contributed by atoms with E-state index >= 15 is 0 Å². The number of nitrogens with zero attached hydrogens (tertiary/aromatic N) is 4. The zero-order valence-corrected chi connectivity index (χ0v) is 11.5. The first-order valence-electron chi connectivity index (χ1n) is 6.24. The van der Waals surface area contributed by atoms with Gasteiger partial charge in [-0.3, -0.25) is 0 Å². The molecular weight excluding hydrogens is 250 g/mol. The molecule has 0 aliphatic carbocycles. The number of nitrogens with one attached hydrogen (secondary N) is 1. The third kappa shape index (κ3) is 1.73. The Morgan fingerprint density at radius 1 is 1.50 bits per heavy atom. The molecule has 1 atom stereocenters. The standard InChI is InChI=1S/C11H17N5OS/c1-3-11(5-4-6-12-11)9-15-16-8(7-17-2)13-14-10(16)18-9/h12H,3-7H2,1-2H3. The van der Waals surface area contributed by atoms with Crippen LogP contribution in [0.25, 0.3) is 4.96 Å². The van der Waals surface area contributed by atoms with E-state index in [0.29, 0.717) is 6.61 Å². The van der Waals surface area contributed by atoms with Gasteiger partial charge in [0.15, 0.2) is 5.82 Å². The van der Waals surface area contributed by atoms with E-state index in [1.165, 1.54) is 6.42 Å². The van der Waals surface area contributed by atoms with E-state index < -0.39 is 0 Å². The minimum absolute atomic E-state index is 0.0374. The Balaban J connectivity index is 2.02. The fourth-order valence-corrected chi connectivity index (χ4v) is 3.64. The van der Waals surface area contributed by atoms with E-state index in [9.17, 15) is 0 Å². The molecule has 0 amide bonds. The Morgan fingerprint density at radius 3 is 3.06 bits per heavy atom. The highest BCUT2D eigenvalue weighted by Crippen LogP contribution is 2.36. The SMILES string of the molecule is CCC1(c2nn3c(COC)nnc3s2)CCCN1. The highest BCUT2D eigenvalue weighted by molar-refractivity contribution is 7.16. The molecule has 2 aromatic heterocycles. The van der Waals surface area contributed by atoms with Gasteiger partial charge in [-0.15, -0.1) is 10.2 Å². The average Bonchev–Trinajstić information content (AvgIpc) is 3.05. The molecule has 3 heterocycles. The molecule has 1 aliphatic rings. The highest BCUT2D eigenvalue weighted by Gasteiger charge is 2.37. The summed E-state index contributed by atoms with van der Waals surface area (Å²) in [6.45, 7) is 3.71. The number of fused-ring (bicyclic) bond motifs is 1. The summed E-state index contributed by atoms with van der Waals surface area (Å²) in [5.41, 5.74) is 0.0374. The molecule has 0 radical (unpaired) electrons. The minimum atomic E-state index is 0.0374. The Hall–Kier alpha value is -1.05. The van der Waals surface area contributed by atoms with E-state index in [2.05, 4.69) is 27.5 Å². The van der Waals surface area contributed by atoms with Crippen molar-refractivity contribution in [2.75, 3.05) is 13.7 Å². The summed E-state index contributed by atoms with van der Waals surface area (Å²) in [7, 11) is 1.65. The topological polar surface area (TPSA) is 64.3 Å². The van der Waals surface area contributed by atoms with Crippen molar-refractivity contribution in [2.45, 2.75) is 38.3 Å². The van der Waals surface area contributed by atoms with Gasteiger partial charge in [-0.1, -0.05) is 18.3 Å². The number of hydrogen-bond donors (Lipinski definition) is 1. The molecule has 0 aromatic carbocycles. The molecular formula is C11H17N5OS. The Bertz CT molecular complexity index is 543. The van der Waals surface area contributed by atoms with E-state index in [-0.39, 0.29) is 5.54 Å². The van der Waals surface area contributed by atoms with Crippen LogP contribution in [0.5, 0.6) is 0 Å². The summed E-state index contributed by atoms with van der Waals surface area (Å²) in [5, 5.41) is 17.6. The number of aromatic nitrogens is 4. The summed E-state index contributed by atoms with van der Waals surface area (Å²) in [5.74, 6) is 0.763. The largest absolute Gasteiger partial charge is 0.377 e. The predicted octanol–water partition coefficient (Wildman–Crippen LogP) is 1.32. The van der Waals surface area contributed by atoms with Gasteiger partial charge in [0, 0.05) is 7.11 Å². The van der Waals surface area contributed by atoms with Gasteiger partial charge in [0.25, 0.3) is 0 Å². The van der Waals surface area contributed by atoms with Gasteiger partial charge in [-0.25, -0.2) is 0 Å². The zero-order chi connectivity index (χ0) is 12.6. The van der Waals surface area contributed by atoms with Gasteiger partial charge < -0.3 is 10.1 Å². The Kier molecular flexibility index (Phi) is 3.04. The van der Waals surface area contributed by atoms with Crippen molar-refractivity contribution in [3.63, 3.8) is 0 Å². The first kappa shape index (κ1) is 12.0. The maximum atomic E-state index is 5.11. The van der Waals surface area contributed by atoms with E-state index in [0.717, 1.165) is 35.2 Å². The summed E-state index contributed by atoms with van der Waals surface area (Å²) in [4.78, 5) is 0.846. The van der Waals surface area contributed by atoms with Crippen molar-refractivity contribution in [1.82, 2.24) is 25.1 Å². The molecule has 0 spiro atoms. The maximum Gasteiger partial charge on any atom is 0.234 e. The van der Waals surface area contributed by atoms with Crippen molar-refractivity contribution in [3.05, 3.63) is 10.8 Å². The second-order valence-corrected chi connectivity index (χ2v) is 5.57. The van der Waals surface area contributed by atoms with Gasteiger partial charge in [0.2, 0.25) is 4.96 Å². The molecule has 1 saturated heterocycles. The van der Waals surface area contributed by atoms with Crippen LogP contribution in [0.2, 0.25) is 0 Å². The first-order chi connectivity index (χ1) is 8.79. The lowest BCUT2D eigenvalue weighted by atomic mass is 9.95. The summed E-state index contributed by atoms with van der Waals surface area (Å²) in [6, 6.07) is 0. The number of rotatable bonds is 4. The predicted molar refractivity (Wildman–Crippen MR) is 68.6 cm³/mol. The molecule has 1 N–H and O–H groups in total. The van der Waals surface area contributed by atoms with E-state index in [4.69, 9.17) is 4.74 Å². The quantitative estimate of drug-likeness (QED) is 0.905. The Morgan fingerprint density at radius 2 is 2.39 bits per heavy atom. The van der Waals surface area contributed by atoms with Crippen LogP contribution in [0.15, 0.2) is 0 Å². The normalized spacial score (nSPS) is 24.1. The lowest BCUT2D eigenvalue weighted by Gasteiger charge is -2.24. The van der Waals surface area contributed by atoms with Crippen LogP contribution in [0, 0.1) is 0 Å². The van der Waals surface area contributed by atoms with Crippen molar-refractivity contribution >= 4 is 16.3 Å². The van der Waals surface area contributed by atoms with Crippen LogP contribution in [-0.4, -0.2) is 33.5 Å². The van der Waals surface area contributed by atoms with E-state index in [1.807, 2.05) is 0 Å². The maximum absolute atomic E-state index is 5.11. The fraction of sp³-hybridized carbons (Fsp3) is 0.727. The lowest BCUT2D eigenvalue weighted by Crippen LogP contribution is -2.36. The molecule has 1 fully saturated rings. The molecule has 98 valence electrons. The van der Waals surface area contributed by atoms with Gasteiger partial charge in [0.05, 0.1) is 5.54 Å². The van der Waals surface area contributed by atoms with Crippen LogP contribution in [0.4, 0.5) is 0 Å². The second-order valence-electron chi connectivity index (χ2n) is 4.62.